The van der Waals surface area contributed by atoms with Gasteiger partial charge >= 0.3 is 0 Å². The van der Waals surface area contributed by atoms with Crippen LogP contribution in [0.15, 0.2) is 0 Å². The summed E-state index contributed by atoms with van der Waals surface area (Å²) in [5, 5.41) is 12.7. The minimum absolute atomic E-state index is 0.491. The highest BCUT2D eigenvalue weighted by molar-refractivity contribution is 6.30. The first-order valence-electron chi connectivity index (χ1n) is 7.80. The number of likely N-dealkylation sites (N-methyl/N-ethyl adjacent to an activating group) is 1. The molecule has 0 radical (unpaired) electrons. The number of anilines is 1. The summed E-state index contributed by atoms with van der Waals surface area (Å²) in [6.45, 7) is 5.68. The second kappa shape index (κ2) is 6.27. The molecular formula is C15H23ClN4. The van der Waals surface area contributed by atoms with E-state index in [1.807, 2.05) is 0 Å². The molecule has 1 aliphatic carbocycles. The monoisotopic (exact) mass is 294 g/mol. The van der Waals surface area contributed by atoms with Crippen LogP contribution in [0.25, 0.3) is 0 Å². The van der Waals surface area contributed by atoms with Crippen LogP contribution in [0.4, 0.5) is 5.82 Å². The lowest BCUT2D eigenvalue weighted by atomic mass is 9.93. The second-order valence-electron chi connectivity index (χ2n) is 5.88. The molecule has 1 aromatic rings. The van der Waals surface area contributed by atoms with Crippen molar-refractivity contribution in [2.24, 2.45) is 0 Å². The highest BCUT2D eigenvalue weighted by Gasteiger charge is 2.23. The van der Waals surface area contributed by atoms with Crippen LogP contribution in [0.5, 0.6) is 0 Å². The third kappa shape index (κ3) is 2.91. The standard InChI is InChI=1S/C15H23ClN4/c1-2-20-9-5-6-11(10-20)17-15-13-8-4-3-7-12(13)14(16)18-19-15/h11H,2-10H2,1H3,(H,17,19)/t11-/m1/s1. The van der Waals surface area contributed by atoms with E-state index >= 15 is 0 Å². The average molecular weight is 295 g/mol. The summed E-state index contributed by atoms with van der Waals surface area (Å²) in [7, 11) is 0. The molecule has 2 heterocycles. The lowest BCUT2D eigenvalue weighted by Crippen LogP contribution is -2.42. The molecule has 0 aromatic carbocycles. The van der Waals surface area contributed by atoms with E-state index in [-0.39, 0.29) is 0 Å². The van der Waals surface area contributed by atoms with Crippen molar-refractivity contribution in [3.63, 3.8) is 0 Å². The van der Waals surface area contributed by atoms with Crippen molar-refractivity contribution in [1.29, 1.82) is 0 Å². The Hall–Kier alpha value is -0.870. The third-order valence-corrected chi connectivity index (χ3v) is 4.84. The van der Waals surface area contributed by atoms with E-state index in [1.165, 1.54) is 43.4 Å². The molecule has 110 valence electrons. The Morgan fingerprint density at radius 1 is 1.20 bits per heavy atom. The first-order chi connectivity index (χ1) is 9.78. The molecule has 1 fully saturated rings. The minimum Gasteiger partial charge on any atom is -0.364 e. The van der Waals surface area contributed by atoms with Crippen LogP contribution >= 0.6 is 11.6 Å². The van der Waals surface area contributed by atoms with E-state index in [0.717, 1.165) is 31.7 Å². The zero-order chi connectivity index (χ0) is 13.9. The van der Waals surface area contributed by atoms with E-state index in [4.69, 9.17) is 11.6 Å². The fourth-order valence-electron chi connectivity index (χ4n) is 3.38. The number of hydrogen-bond acceptors (Lipinski definition) is 4. The predicted molar refractivity (Wildman–Crippen MR) is 82.4 cm³/mol. The van der Waals surface area contributed by atoms with Gasteiger partial charge in [-0.3, -0.25) is 0 Å². The first kappa shape index (κ1) is 14.1. The van der Waals surface area contributed by atoms with Crippen LogP contribution in [0.1, 0.15) is 43.7 Å². The molecule has 0 amide bonds. The van der Waals surface area contributed by atoms with Gasteiger partial charge in [0, 0.05) is 18.2 Å². The van der Waals surface area contributed by atoms with E-state index in [1.54, 1.807) is 0 Å². The SMILES string of the molecule is CCN1CCC[C@@H](Nc2nnc(Cl)c3c2CCCC3)C1. The summed E-state index contributed by atoms with van der Waals surface area (Å²) in [5.74, 6) is 0.979. The molecule has 0 bridgehead atoms. The van der Waals surface area contributed by atoms with Gasteiger partial charge < -0.3 is 10.2 Å². The molecule has 1 aliphatic heterocycles. The van der Waals surface area contributed by atoms with Gasteiger partial charge in [0.15, 0.2) is 11.0 Å². The van der Waals surface area contributed by atoms with Gasteiger partial charge in [-0.25, -0.2) is 0 Å². The Morgan fingerprint density at radius 2 is 2.00 bits per heavy atom. The van der Waals surface area contributed by atoms with Gasteiger partial charge in [0.05, 0.1) is 0 Å². The molecule has 1 N–H and O–H groups in total. The highest BCUT2D eigenvalue weighted by atomic mass is 35.5. The largest absolute Gasteiger partial charge is 0.364 e. The fraction of sp³-hybridized carbons (Fsp3) is 0.733. The summed E-state index contributed by atoms with van der Waals surface area (Å²) in [6, 6.07) is 0.491. The lowest BCUT2D eigenvalue weighted by molar-refractivity contribution is 0.226. The van der Waals surface area contributed by atoms with Crippen molar-refractivity contribution in [3.8, 4) is 0 Å². The van der Waals surface area contributed by atoms with Crippen LogP contribution in [-0.2, 0) is 12.8 Å². The Morgan fingerprint density at radius 3 is 2.80 bits per heavy atom. The lowest BCUT2D eigenvalue weighted by Gasteiger charge is -2.33. The van der Waals surface area contributed by atoms with Crippen LogP contribution in [0.3, 0.4) is 0 Å². The quantitative estimate of drug-likeness (QED) is 0.931. The predicted octanol–water partition coefficient (Wildman–Crippen LogP) is 2.91. The number of aromatic nitrogens is 2. The summed E-state index contributed by atoms with van der Waals surface area (Å²) in [6.07, 6.45) is 7.05. The van der Waals surface area contributed by atoms with Crippen LogP contribution in [0.2, 0.25) is 5.15 Å². The summed E-state index contributed by atoms with van der Waals surface area (Å²) in [5.41, 5.74) is 2.53. The minimum atomic E-state index is 0.491. The average Bonchev–Trinajstić information content (AvgIpc) is 2.51. The Bertz CT molecular complexity index is 477. The van der Waals surface area contributed by atoms with Gasteiger partial charge in [-0.2, -0.15) is 0 Å². The van der Waals surface area contributed by atoms with Gasteiger partial charge in [0.2, 0.25) is 0 Å². The molecule has 1 aromatic heterocycles. The Labute approximate surface area is 125 Å². The fourth-order valence-corrected chi connectivity index (χ4v) is 3.63. The molecule has 3 rings (SSSR count). The first-order valence-corrected chi connectivity index (χ1v) is 8.18. The van der Waals surface area contributed by atoms with Crippen molar-refractivity contribution >= 4 is 17.4 Å². The van der Waals surface area contributed by atoms with Crippen LogP contribution in [0, 0.1) is 0 Å². The zero-order valence-electron chi connectivity index (χ0n) is 12.2. The number of piperidine rings is 1. The summed E-state index contributed by atoms with van der Waals surface area (Å²) < 4.78 is 0. The molecule has 1 atom stereocenters. The number of likely N-dealkylation sites (tertiary alicyclic amines) is 1. The number of rotatable bonds is 3. The number of fused-ring (bicyclic) bond motifs is 1. The van der Waals surface area contributed by atoms with Crippen LogP contribution in [-0.4, -0.2) is 40.8 Å². The maximum atomic E-state index is 6.19. The molecule has 1 saturated heterocycles. The second-order valence-corrected chi connectivity index (χ2v) is 6.24. The molecule has 0 saturated carbocycles. The van der Waals surface area contributed by atoms with Gasteiger partial charge in [0.1, 0.15) is 0 Å². The molecule has 0 unspecified atom stereocenters. The Balaban J connectivity index is 1.77. The van der Waals surface area contributed by atoms with Crippen LogP contribution < -0.4 is 5.32 Å². The maximum Gasteiger partial charge on any atom is 0.155 e. The molecule has 5 heteroatoms. The molecule has 0 spiro atoms. The number of hydrogen-bond donors (Lipinski definition) is 1. The van der Waals surface area contributed by atoms with Crippen molar-refractivity contribution in [3.05, 3.63) is 16.3 Å². The zero-order valence-corrected chi connectivity index (χ0v) is 12.9. The number of nitrogens with one attached hydrogen (secondary N) is 1. The van der Waals surface area contributed by atoms with Gasteiger partial charge in [-0.1, -0.05) is 18.5 Å². The smallest absolute Gasteiger partial charge is 0.155 e. The summed E-state index contributed by atoms with van der Waals surface area (Å²) in [4.78, 5) is 2.50. The van der Waals surface area contributed by atoms with E-state index < -0.39 is 0 Å². The highest BCUT2D eigenvalue weighted by Crippen LogP contribution is 2.30. The van der Waals surface area contributed by atoms with Crippen molar-refractivity contribution in [2.75, 3.05) is 25.0 Å². The van der Waals surface area contributed by atoms with Crippen molar-refractivity contribution < 1.29 is 0 Å². The number of halogens is 1. The van der Waals surface area contributed by atoms with Crippen molar-refractivity contribution in [2.45, 2.75) is 51.5 Å². The molecule has 4 nitrogen and oxygen atoms in total. The third-order valence-electron chi connectivity index (χ3n) is 4.53. The van der Waals surface area contributed by atoms with Crippen molar-refractivity contribution in [1.82, 2.24) is 15.1 Å². The Kier molecular flexibility index (Phi) is 4.41. The van der Waals surface area contributed by atoms with Gasteiger partial charge in [0.25, 0.3) is 0 Å². The topological polar surface area (TPSA) is 41.0 Å². The van der Waals surface area contributed by atoms with E-state index in [9.17, 15) is 0 Å². The molecule has 2 aliphatic rings. The maximum absolute atomic E-state index is 6.19. The number of nitrogens with zero attached hydrogens (tertiary/aromatic N) is 3. The van der Waals surface area contributed by atoms with Gasteiger partial charge in [-0.15, -0.1) is 10.2 Å². The molecule has 20 heavy (non-hydrogen) atoms. The molecular weight excluding hydrogens is 272 g/mol. The van der Waals surface area contributed by atoms with E-state index in [0.29, 0.717) is 11.2 Å². The summed E-state index contributed by atoms with van der Waals surface area (Å²) >= 11 is 6.19. The normalized spacial score (nSPS) is 23.4. The van der Waals surface area contributed by atoms with Gasteiger partial charge in [-0.05, 0) is 57.2 Å². The van der Waals surface area contributed by atoms with E-state index in [2.05, 4.69) is 27.3 Å².